The van der Waals surface area contributed by atoms with Gasteiger partial charge in [0.1, 0.15) is 6.04 Å². The number of likely N-dealkylation sites (tertiary alicyclic amines) is 1. The van der Waals surface area contributed by atoms with Gasteiger partial charge in [-0.2, -0.15) is 0 Å². The smallest absolute Gasteiger partial charge is 0.252 e. The van der Waals surface area contributed by atoms with Crippen molar-refractivity contribution in [2.24, 2.45) is 0 Å². The van der Waals surface area contributed by atoms with Crippen LogP contribution in [0.5, 0.6) is 0 Å². The van der Waals surface area contributed by atoms with Gasteiger partial charge in [-0.1, -0.05) is 35.9 Å². The van der Waals surface area contributed by atoms with Crippen LogP contribution in [-0.4, -0.2) is 28.7 Å². The molecular formula is C18H14ClN2O4-. The van der Waals surface area contributed by atoms with E-state index >= 15 is 0 Å². The molecule has 6 nitrogen and oxygen atoms in total. The van der Waals surface area contributed by atoms with Gasteiger partial charge in [0.25, 0.3) is 5.91 Å². The first-order chi connectivity index (χ1) is 11.9. The number of carbonyl (C=O) groups is 3. The van der Waals surface area contributed by atoms with Gasteiger partial charge >= 0.3 is 0 Å². The highest BCUT2D eigenvalue weighted by Crippen LogP contribution is 2.21. The molecule has 1 saturated heterocycles. The number of benzene rings is 2. The van der Waals surface area contributed by atoms with Gasteiger partial charge < -0.3 is 15.2 Å². The summed E-state index contributed by atoms with van der Waals surface area (Å²) in [5, 5.41) is 14.3. The van der Waals surface area contributed by atoms with E-state index in [1.165, 1.54) is 29.2 Å². The van der Waals surface area contributed by atoms with Crippen molar-refractivity contribution in [3.05, 3.63) is 64.7 Å². The Morgan fingerprint density at radius 2 is 1.76 bits per heavy atom. The highest BCUT2D eigenvalue weighted by Gasteiger charge is 2.38. The molecule has 0 unspecified atom stereocenters. The van der Waals surface area contributed by atoms with E-state index in [0.29, 0.717) is 10.7 Å². The Kier molecular flexibility index (Phi) is 4.72. The van der Waals surface area contributed by atoms with Crippen molar-refractivity contribution in [2.45, 2.75) is 19.0 Å². The molecule has 25 heavy (non-hydrogen) atoms. The minimum absolute atomic E-state index is 0.0451. The molecule has 3 rings (SSSR count). The lowest BCUT2D eigenvalue weighted by Gasteiger charge is -2.16. The van der Waals surface area contributed by atoms with Crippen molar-refractivity contribution in [3.8, 4) is 0 Å². The van der Waals surface area contributed by atoms with Gasteiger partial charge in [-0.15, -0.1) is 0 Å². The van der Waals surface area contributed by atoms with Crippen molar-refractivity contribution in [2.75, 3.05) is 5.32 Å². The van der Waals surface area contributed by atoms with E-state index in [9.17, 15) is 19.5 Å². The van der Waals surface area contributed by atoms with E-state index in [2.05, 4.69) is 5.32 Å². The summed E-state index contributed by atoms with van der Waals surface area (Å²) in [5.74, 6) is -1.85. The van der Waals surface area contributed by atoms with Gasteiger partial charge in [0.15, 0.2) is 0 Å². The molecule has 7 heteroatoms. The minimum Gasteiger partial charge on any atom is -0.545 e. The topological polar surface area (TPSA) is 89.5 Å². The number of halogens is 1. The molecule has 1 atom stereocenters. The summed E-state index contributed by atoms with van der Waals surface area (Å²) in [7, 11) is 0. The third kappa shape index (κ3) is 3.80. The summed E-state index contributed by atoms with van der Waals surface area (Å²) < 4.78 is 0. The molecule has 0 bridgehead atoms. The number of carbonyl (C=O) groups excluding carboxylic acids is 3. The summed E-state index contributed by atoms with van der Waals surface area (Å²) in [6, 6.07) is 12.1. The van der Waals surface area contributed by atoms with Crippen LogP contribution in [0.15, 0.2) is 48.5 Å². The number of nitrogens with zero attached hydrogens (tertiary/aromatic N) is 1. The van der Waals surface area contributed by atoms with Crippen LogP contribution in [0.2, 0.25) is 5.02 Å². The number of amides is 2. The summed E-state index contributed by atoms with van der Waals surface area (Å²) in [4.78, 5) is 36.6. The number of hydrogen-bond donors (Lipinski definition) is 1. The minimum atomic E-state index is -1.27. The number of rotatable bonds is 5. The third-order valence-electron chi connectivity index (χ3n) is 3.96. The van der Waals surface area contributed by atoms with Crippen LogP contribution in [0.25, 0.3) is 0 Å². The maximum absolute atomic E-state index is 12.5. The quantitative estimate of drug-likeness (QED) is 0.818. The number of anilines is 1. The zero-order valence-corrected chi connectivity index (χ0v) is 13.8. The Balaban J connectivity index is 1.68. The molecule has 1 N–H and O–H groups in total. The highest BCUT2D eigenvalue weighted by atomic mass is 35.5. The van der Waals surface area contributed by atoms with Gasteiger partial charge in [-0.05, 0) is 35.4 Å². The molecule has 0 saturated carbocycles. The average Bonchev–Trinajstić information content (AvgIpc) is 2.85. The van der Waals surface area contributed by atoms with Crippen LogP contribution < -0.4 is 10.4 Å². The van der Waals surface area contributed by atoms with E-state index in [0.717, 1.165) is 5.56 Å². The number of carboxylic acid groups (broad SMARTS) is 1. The molecule has 0 radical (unpaired) electrons. The lowest BCUT2D eigenvalue weighted by Crippen LogP contribution is -2.34. The van der Waals surface area contributed by atoms with E-state index in [4.69, 9.17) is 11.6 Å². The average molecular weight is 358 g/mol. The molecule has 0 spiro atoms. The number of hydrogen-bond acceptors (Lipinski definition) is 5. The predicted molar refractivity (Wildman–Crippen MR) is 89.8 cm³/mol. The van der Waals surface area contributed by atoms with Gasteiger partial charge in [0.2, 0.25) is 5.91 Å². The number of carboxylic acids is 1. The summed E-state index contributed by atoms with van der Waals surface area (Å²) >= 11 is 5.83. The fourth-order valence-corrected chi connectivity index (χ4v) is 2.76. The van der Waals surface area contributed by atoms with Crippen molar-refractivity contribution in [3.63, 3.8) is 0 Å². The van der Waals surface area contributed by atoms with E-state index in [1.807, 2.05) is 0 Å². The van der Waals surface area contributed by atoms with Gasteiger partial charge in [-0.25, -0.2) is 0 Å². The van der Waals surface area contributed by atoms with Gasteiger partial charge in [0, 0.05) is 10.7 Å². The zero-order valence-electron chi connectivity index (χ0n) is 13.1. The van der Waals surface area contributed by atoms with Crippen LogP contribution in [0.1, 0.15) is 22.3 Å². The van der Waals surface area contributed by atoms with Gasteiger partial charge in [0.05, 0.1) is 18.9 Å². The third-order valence-corrected chi connectivity index (χ3v) is 4.21. The first kappa shape index (κ1) is 17.0. The first-order valence-electron chi connectivity index (χ1n) is 7.60. The van der Waals surface area contributed by atoms with E-state index in [1.54, 1.807) is 24.3 Å². The van der Waals surface area contributed by atoms with E-state index in [-0.39, 0.29) is 30.3 Å². The van der Waals surface area contributed by atoms with Crippen LogP contribution >= 0.6 is 11.6 Å². The molecular weight excluding hydrogens is 344 g/mol. The molecule has 2 amide bonds. The SMILES string of the molecule is O=C([O-])c1ccc(N[C@H]2CC(=O)N(Cc3ccc(Cl)cc3)C2=O)cc1. The molecule has 0 aromatic heterocycles. The molecule has 1 aliphatic rings. The Labute approximate surface area is 149 Å². The zero-order chi connectivity index (χ0) is 18.0. The molecule has 2 aromatic carbocycles. The fraction of sp³-hybridized carbons (Fsp3) is 0.167. The standard InChI is InChI=1S/C18H15ClN2O4/c19-13-5-1-11(2-6-13)10-21-16(22)9-15(17(21)23)20-14-7-3-12(4-8-14)18(24)25/h1-8,15,20H,9-10H2,(H,24,25)/p-1/t15-/m0/s1. The van der Waals surface area contributed by atoms with Crippen LogP contribution in [-0.2, 0) is 16.1 Å². The monoisotopic (exact) mass is 357 g/mol. The lowest BCUT2D eigenvalue weighted by molar-refractivity contribution is -0.255. The van der Waals surface area contributed by atoms with E-state index < -0.39 is 12.0 Å². The molecule has 2 aromatic rings. The van der Waals surface area contributed by atoms with Crippen LogP contribution in [0, 0.1) is 0 Å². The Morgan fingerprint density at radius 3 is 2.36 bits per heavy atom. The maximum atomic E-state index is 12.5. The second-order valence-corrected chi connectivity index (χ2v) is 6.15. The van der Waals surface area contributed by atoms with Crippen LogP contribution in [0.4, 0.5) is 5.69 Å². The summed E-state index contributed by atoms with van der Waals surface area (Å²) in [6.07, 6.45) is 0.0503. The summed E-state index contributed by atoms with van der Waals surface area (Å²) in [6.45, 7) is 0.191. The van der Waals surface area contributed by atoms with Crippen molar-refractivity contribution in [1.29, 1.82) is 0 Å². The Hall–Kier alpha value is -2.86. The second kappa shape index (κ2) is 6.94. The molecule has 1 heterocycles. The van der Waals surface area contributed by atoms with Crippen molar-refractivity contribution < 1.29 is 19.5 Å². The van der Waals surface area contributed by atoms with Gasteiger partial charge in [-0.3, -0.25) is 14.5 Å². The Morgan fingerprint density at radius 1 is 1.12 bits per heavy atom. The predicted octanol–water partition coefficient (Wildman–Crippen LogP) is 1.44. The highest BCUT2D eigenvalue weighted by molar-refractivity contribution is 6.30. The van der Waals surface area contributed by atoms with Crippen molar-refractivity contribution >= 4 is 35.1 Å². The van der Waals surface area contributed by atoms with Crippen LogP contribution in [0.3, 0.4) is 0 Å². The largest absolute Gasteiger partial charge is 0.545 e. The van der Waals surface area contributed by atoms with Crippen molar-refractivity contribution in [1.82, 2.24) is 4.90 Å². The molecule has 1 aliphatic heterocycles. The number of nitrogens with one attached hydrogen (secondary N) is 1. The first-order valence-corrected chi connectivity index (χ1v) is 7.98. The maximum Gasteiger partial charge on any atom is 0.252 e. The fourth-order valence-electron chi connectivity index (χ4n) is 2.64. The summed E-state index contributed by atoms with van der Waals surface area (Å²) in [5.41, 5.74) is 1.42. The molecule has 0 aliphatic carbocycles. The molecule has 1 fully saturated rings. The number of aromatic carboxylic acids is 1. The normalized spacial score (nSPS) is 17.0. The molecule has 128 valence electrons. The lowest BCUT2D eigenvalue weighted by atomic mass is 10.2. The second-order valence-electron chi connectivity index (χ2n) is 5.71. The number of imide groups is 1. The Bertz CT molecular complexity index is 818.